The number of aromatic nitrogens is 2. The molecule has 2 amide bonds. The molecule has 8 heteroatoms. The van der Waals surface area contributed by atoms with Crippen LogP contribution in [0.25, 0.3) is 0 Å². The quantitative estimate of drug-likeness (QED) is 0.752. The Hall–Kier alpha value is -2.90. The largest absolute Gasteiger partial charge is 0.379 e. The van der Waals surface area contributed by atoms with E-state index in [0.717, 1.165) is 5.56 Å². The summed E-state index contributed by atoms with van der Waals surface area (Å²) < 4.78 is 4.36. The average molecular weight is 275 g/mol. The Kier molecular flexibility index (Phi) is 3.65. The molecule has 8 nitrogen and oxygen atoms in total. The zero-order valence-electron chi connectivity index (χ0n) is 10.9. The van der Waals surface area contributed by atoms with Crippen molar-refractivity contribution < 1.29 is 14.2 Å². The van der Waals surface area contributed by atoms with Crippen LogP contribution in [-0.2, 0) is 0 Å². The monoisotopic (exact) mass is 275 g/mol. The third-order valence-electron chi connectivity index (χ3n) is 2.69. The van der Waals surface area contributed by atoms with Crippen molar-refractivity contribution in [3.63, 3.8) is 0 Å². The maximum Gasteiger partial charge on any atom is 0.281 e. The Morgan fingerprint density at radius 2 is 2.00 bits per heavy atom. The molecule has 0 saturated carbocycles. The summed E-state index contributed by atoms with van der Waals surface area (Å²) in [5.41, 5.74) is 7.13. The van der Waals surface area contributed by atoms with Gasteiger partial charge in [0.1, 0.15) is 0 Å². The number of benzene rings is 1. The molecule has 2 aromatic rings. The first-order chi connectivity index (χ1) is 9.52. The molecular formula is C12H13N5O3. The van der Waals surface area contributed by atoms with Crippen LogP contribution in [-0.4, -0.2) is 29.2 Å². The highest BCUT2D eigenvalue weighted by atomic mass is 16.6. The lowest BCUT2D eigenvalue weighted by Crippen LogP contribution is -2.18. The Bertz CT molecular complexity index is 665. The maximum absolute atomic E-state index is 11.9. The van der Waals surface area contributed by atoms with E-state index in [2.05, 4.69) is 25.6 Å². The molecule has 4 N–H and O–H groups in total. The first-order valence-corrected chi connectivity index (χ1v) is 5.75. The number of carbonyl (C=O) groups is 2. The summed E-state index contributed by atoms with van der Waals surface area (Å²) >= 11 is 0. The number of anilines is 2. The molecule has 0 radical (unpaired) electrons. The van der Waals surface area contributed by atoms with Gasteiger partial charge in [-0.05, 0) is 41.0 Å². The van der Waals surface area contributed by atoms with E-state index < -0.39 is 5.91 Å². The smallest absolute Gasteiger partial charge is 0.281 e. The van der Waals surface area contributed by atoms with Gasteiger partial charge in [-0.25, -0.2) is 4.63 Å². The molecule has 0 bridgehead atoms. The van der Waals surface area contributed by atoms with E-state index in [1.165, 1.54) is 0 Å². The number of nitrogens with two attached hydrogens (primary N) is 1. The zero-order valence-corrected chi connectivity index (χ0v) is 10.9. The number of rotatable bonds is 3. The molecule has 0 aliphatic heterocycles. The number of hydrogen-bond donors (Lipinski definition) is 3. The number of nitrogens with zero attached hydrogens (tertiary/aromatic N) is 2. The van der Waals surface area contributed by atoms with Crippen LogP contribution in [0.2, 0.25) is 0 Å². The van der Waals surface area contributed by atoms with E-state index in [4.69, 9.17) is 5.73 Å². The second-order valence-corrected chi connectivity index (χ2v) is 4.06. The molecule has 0 unspecified atom stereocenters. The van der Waals surface area contributed by atoms with Crippen molar-refractivity contribution in [2.75, 3.05) is 18.1 Å². The van der Waals surface area contributed by atoms with Gasteiger partial charge >= 0.3 is 0 Å². The fourth-order valence-electron chi connectivity index (χ4n) is 1.62. The predicted octanol–water partition coefficient (Wildman–Crippen LogP) is 0.572. The minimum atomic E-state index is -0.528. The lowest BCUT2D eigenvalue weighted by molar-refractivity contribution is 0.0962. The summed E-state index contributed by atoms with van der Waals surface area (Å²) in [6.07, 6.45) is 0. The van der Waals surface area contributed by atoms with E-state index in [0.29, 0.717) is 11.3 Å². The lowest BCUT2D eigenvalue weighted by Gasteiger charge is -2.08. The highest BCUT2D eigenvalue weighted by Crippen LogP contribution is 2.18. The zero-order chi connectivity index (χ0) is 14.7. The molecule has 0 aliphatic carbocycles. The van der Waals surface area contributed by atoms with Crippen molar-refractivity contribution in [1.29, 1.82) is 0 Å². The first-order valence-electron chi connectivity index (χ1n) is 5.75. The number of hydrogen-bond acceptors (Lipinski definition) is 6. The van der Waals surface area contributed by atoms with Crippen molar-refractivity contribution >= 4 is 23.3 Å². The first kappa shape index (κ1) is 13.5. The maximum atomic E-state index is 11.9. The summed E-state index contributed by atoms with van der Waals surface area (Å²) in [6, 6.07) is 4.90. The SMILES string of the molecule is CNC(=O)c1ccc(NC(=O)c2nonc2N)c(C)c1. The van der Waals surface area contributed by atoms with E-state index >= 15 is 0 Å². The van der Waals surface area contributed by atoms with Gasteiger partial charge in [0.15, 0.2) is 0 Å². The van der Waals surface area contributed by atoms with Gasteiger partial charge in [0.05, 0.1) is 0 Å². The summed E-state index contributed by atoms with van der Waals surface area (Å²) in [5, 5.41) is 11.9. The number of nitrogens with one attached hydrogen (secondary N) is 2. The van der Waals surface area contributed by atoms with Gasteiger partial charge in [0.25, 0.3) is 11.8 Å². The van der Waals surface area contributed by atoms with Crippen molar-refractivity contribution in [1.82, 2.24) is 15.6 Å². The molecule has 1 aromatic carbocycles. The molecule has 0 spiro atoms. The van der Waals surface area contributed by atoms with Gasteiger partial charge in [-0.1, -0.05) is 0 Å². The molecular weight excluding hydrogens is 262 g/mol. The van der Waals surface area contributed by atoms with Crippen LogP contribution in [0.3, 0.4) is 0 Å². The van der Waals surface area contributed by atoms with Crippen molar-refractivity contribution in [2.24, 2.45) is 0 Å². The van der Waals surface area contributed by atoms with Crippen molar-refractivity contribution in [3.8, 4) is 0 Å². The van der Waals surface area contributed by atoms with Crippen LogP contribution in [0.1, 0.15) is 26.4 Å². The molecule has 2 rings (SSSR count). The Morgan fingerprint density at radius 1 is 1.25 bits per heavy atom. The fraction of sp³-hybridized carbons (Fsp3) is 0.167. The van der Waals surface area contributed by atoms with Crippen molar-refractivity contribution in [3.05, 3.63) is 35.0 Å². The summed E-state index contributed by atoms with van der Waals surface area (Å²) in [6.45, 7) is 1.77. The van der Waals surface area contributed by atoms with E-state index in [-0.39, 0.29) is 17.4 Å². The van der Waals surface area contributed by atoms with Crippen LogP contribution in [0.4, 0.5) is 11.5 Å². The van der Waals surface area contributed by atoms with Gasteiger partial charge in [-0.15, -0.1) is 0 Å². The molecule has 0 saturated heterocycles. The van der Waals surface area contributed by atoms with Crippen LogP contribution < -0.4 is 16.4 Å². The minimum Gasteiger partial charge on any atom is -0.379 e. The van der Waals surface area contributed by atoms with Gasteiger partial charge in [-0.2, -0.15) is 0 Å². The van der Waals surface area contributed by atoms with Crippen LogP contribution in [0, 0.1) is 6.92 Å². The van der Waals surface area contributed by atoms with Gasteiger partial charge < -0.3 is 16.4 Å². The summed E-state index contributed by atoms with van der Waals surface area (Å²) in [5.74, 6) is -0.808. The fourth-order valence-corrected chi connectivity index (χ4v) is 1.62. The number of carbonyl (C=O) groups excluding carboxylic acids is 2. The molecule has 1 aromatic heterocycles. The van der Waals surface area contributed by atoms with Crippen LogP contribution in [0.15, 0.2) is 22.8 Å². The predicted molar refractivity (Wildman–Crippen MR) is 71.2 cm³/mol. The molecule has 0 atom stereocenters. The molecule has 0 aliphatic rings. The van der Waals surface area contributed by atoms with E-state index in [1.54, 1.807) is 32.2 Å². The number of aryl methyl sites for hydroxylation is 1. The van der Waals surface area contributed by atoms with Gasteiger partial charge in [0.2, 0.25) is 11.5 Å². The average Bonchev–Trinajstić information content (AvgIpc) is 2.86. The van der Waals surface area contributed by atoms with Gasteiger partial charge in [-0.3, -0.25) is 9.59 Å². The van der Waals surface area contributed by atoms with E-state index in [1.807, 2.05) is 0 Å². The van der Waals surface area contributed by atoms with E-state index in [9.17, 15) is 9.59 Å². The normalized spacial score (nSPS) is 10.1. The lowest BCUT2D eigenvalue weighted by atomic mass is 10.1. The molecule has 20 heavy (non-hydrogen) atoms. The Labute approximate surface area is 114 Å². The third kappa shape index (κ3) is 2.58. The Morgan fingerprint density at radius 3 is 2.55 bits per heavy atom. The second kappa shape index (κ2) is 5.39. The van der Waals surface area contributed by atoms with Crippen molar-refractivity contribution in [2.45, 2.75) is 6.92 Å². The number of amides is 2. The Balaban J connectivity index is 2.20. The summed E-state index contributed by atoms with van der Waals surface area (Å²) in [7, 11) is 1.55. The summed E-state index contributed by atoms with van der Waals surface area (Å²) in [4.78, 5) is 23.4. The number of nitrogen functional groups attached to an aromatic ring is 1. The van der Waals surface area contributed by atoms with Gasteiger partial charge in [0, 0.05) is 18.3 Å². The second-order valence-electron chi connectivity index (χ2n) is 4.06. The standard InChI is InChI=1S/C12H13N5O3/c1-6-5-7(11(18)14-2)3-4-8(6)15-12(19)9-10(13)17-20-16-9/h3-5H,1-2H3,(H2,13,17)(H,14,18)(H,15,19). The van der Waals surface area contributed by atoms with Crippen LogP contribution in [0.5, 0.6) is 0 Å². The molecule has 0 fully saturated rings. The third-order valence-corrected chi connectivity index (χ3v) is 2.69. The van der Waals surface area contributed by atoms with Crippen LogP contribution >= 0.6 is 0 Å². The topological polar surface area (TPSA) is 123 Å². The minimum absolute atomic E-state index is 0.0814. The molecule has 104 valence electrons. The molecule has 1 heterocycles. The highest BCUT2D eigenvalue weighted by molar-refractivity contribution is 6.06. The highest BCUT2D eigenvalue weighted by Gasteiger charge is 2.17.